The summed E-state index contributed by atoms with van der Waals surface area (Å²) in [6.45, 7) is 4.73. The summed E-state index contributed by atoms with van der Waals surface area (Å²) >= 11 is 11.0. The molecule has 36 heavy (non-hydrogen) atoms. The van der Waals surface area contributed by atoms with Gasteiger partial charge in [0.2, 0.25) is 0 Å². The lowest BCUT2D eigenvalue weighted by Gasteiger charge is -2.16. The van der Waals surface area contributed by atoms with Gasteiger partial charge >= 0.3 is 0 Å². The molecule has 2 heterocycles. The minimum absolute atomic E-state index is 1.12. The van der Waals surface area contributed by atoms with Crippen molar-refractivity contribution in [2.45, 2.75) is 128 Å². The van der Waals surface area contributed by atoms with Crippen LogP contribution >= 0.6 is 67.6 Å². The average Bonchev–Trinajstić information content (AvgIpc) is 3.62. The van der Waals surface area contributed by atoms with Crippen LogP contribution in [-0.4, -0.2) is 56.1 Å². The van der Waals surface area contributed by atoms with Crippen LogP contribution in [0.15, 0.2) is 0 Å². The third-order valence-corrected chi connectivity index (χ3v) is 13.4. The molecule has 0 aromatic carbocycles. The van der Waals surface area contributed by atoms with E-state index in [4.69, 9.17) is 24.4 Å². The quantitative estimate of drug-likeness (QED) is 0.0712. The van der Waals surface area contributed by atoms with E-state index in [0.717, 1.165) is 8.64 Å². The second-order valence-corrected chi connectivity index (χ2v) is 16.5. The maximum Gasteiger partial charge on any atom is 0.147 e. The van der Waals surface area contributed by atoms with Crippen LogP contribution in [0.5, 0.6) is 0 Å². The summed E-state index contributed by atoms with van der Waals surface area (Å²) in [4.78, 5) is 4.76. The molecule has 0 aromatic heterocycles. The van der Waals surface area contributed by atoms with Crippen LogP contribution in [-0.2, 0) is 0 Å². The van der Waals surface area contributed by atoms with E-state index in [9.17, 15) is 0 Å². The highest BCUT2D eigenvalue weighted by atomic mass is 33.1. The largest absolute Gasteiger partial charge is 0.357 e. The normalized spacial score (nSPS) is 15.8. The molecule has 0 aliphatic carbocycles. The standard InChI is InChI=1S/C28H52N2S6/c31-27(29-21-15-16-22-29)35-33-25-19-13-11-9-7-5-3-1-2-4-6-8-10-12-14-20-26-34-36-28(32)30-23-17-18-24-30/h1-26H2. The Hall–Kier alpha value is 1.18. The lowest BCUT2D eigenvalue weighted by atomic mass is 10.0. The maximum absolute atomic E-state index is 5.52. The predicted molar refractivity (Wildman–Crippen MR) is 181 cm³/mol. The molecule has 2 aliphatic rings. The first-order chi connectivity index (χ1) is 17.8. The van der Waals surface area contributed by atoms with Crippen LogP contribution in [0.25, 0.3) is 0 Å². The number of unbranched alkanes of at least 4 members (excludes halogenated alkanes) is 15. The Morgan fingerprint density at radius 1 is 0.417 bits per heavy atom. The smallest absolute Gasteiger partial charge is 0.147 e. The third-order valence-electron chi connectivity index (χ3n) is 7.19. The van der Waals surface area contributed by atoms with Gasteiger partial charge in [0.1, 0.15) is 8.64 Å². The summed E-state index contributed by atoms with van der Waals surface area (Å²) in [7, 11) is 7.61. The van der Waals surface area contributed by atoms with Crippen molar-refractivity contribution in [2.24, 2.45) is 0 Å². The molecule has 0 bridgehead atoms. The van der Waals surface area contributed by atoms with E-state index < -0.39 is 0 Å². The average molecular weight is 609 g/mol. The van der Waals surface area contributed by atoms with Crippen LogP contribution < -0.4 is 0 Å². The summed E-state index contributed by atoms with van der Waals surface area (Å²) in [5.74, 6) is 2.51. The van der Waals surface area contributed by atoms with Gasteiger partial charge in [-0.15, -0.1) is 0 Å². The molecule has 0 atom stereocenters. The molecule has 2 fully saturated rings. The molecule has 2 nitrogen and oxygen atoms in total. The number of rotatable bonds is 21. The fraction of sp³-hybridized carbons (Fsp3) is 0.929. The molecule has 0 N–H and O–H groups in total. The zero-order valence-corrected chi connectivity index (χ0v) is 27.6. The molecule has 0 unspecified atom stereocenters. The number of likely N-dealkylation sites (tertiary alicyclic amines) is 2. The van der Waals surface area contributed by atoms with Gasteiger partial charge in [-0.1, -0.05) is 136 Å². The van der Waals surface area contributed by atoms with Gasteiger partial charge in [0, 0.05) is 37.7 Å². The molecule has 8 heteroatoms. The van der Waals surface area contributed by atoms with Gasteiger partial charge in [0.25, 0.3) is 0 Å². The number of thiocarbonyl (C=S) groups is 2. The minimum atomic E-state index is 1.12. The second kappa shape index (κ2) is 24.0. The topological polar surface area (TPSA) is 6.48 Å². The highest BCUT2D eigenvalue weighted by molar-refractivity contribution is 8.84. The first-order valence-corrected chi connectivity index (χ1v) is 20.4. The lowest BCUT2D eigenvalue weighted by molar-refractivity contribution is 0.532. The van der Waals surface area contributed by atoms with Crippen molar-refractivity contribution in [2.75, 3.05) is 37.7 Å². The van der Waals surface area contributed by atoms with E-state index in [0.29, 0.717) is 0 Å². The zero-order valence-electron chi connectivity index (χ0n) is 22.7. The number of nitrogens with zero attached hydrogens (tertiary/aromatic N) is 2. The van der Waals surface area contributed by atoms with Crippen LogP contribution in [0.2, 0.25) is 0 Å². The number of hydrogen-bond donors (Lipinski definition) is 0. The minimum Gasteiger partial charge on any atom is -0.357 e. The molecule has 0 radical (unpaired) electrons. The summed E-state index contributed by atoms with van der Waals surface area (Å²) in [6.07, 6.45) is 28.1. The molecule has 210 valence electrons. The molecule has 2 rings (SSSR count). The first-order valence-electron chi connectivity index (χ1n) is 14.9. The summed E-state index contributed by atoms with van der Waals surface area (Å²) in [5.41, 5.74) is 0. The third kappa shape index (κ3) is 17.7. The molecular formula is C28H52N2S6. The van der Waals surface area contributed by atoms with E-state index in [2.05, 4.69) is 9.80 Å². The monoisotopic (exact) mass is 608 g/mol. The molecular weight excluding hydrogens is 557 g/mol. The summed E-state index contributed by atoms with van der Waals surface area (Å²) in [5, 5.41) is 0. The van der Waals surface area contributed by atoms with E-state index in [1.807, 2.05) is 43.2 Å². The Balaban J connectivity index is 1.18. The highest BCUT2D eigenvalue weighted by Gasteiger charge is 2.15. The van der Waals surface area contributed by atoms with E-state index in [1.165, 1.54) is 166 Å². The van der Waals surface area contributed by atoms with Gasteiger partial charge in [-0.05, 0) is 60.1 Å². The molecule has 2 saturated heterocycles. The van der Waals surface area contributed by atoms with Gasteiger partial charge in [0.05, 0.1) is 0 Å². The van der Waals surface area contributed by atoms with Crippen molar-refractivity contribution in [3.63, 3.8) is 0 Å². The number of hydrogen-bond acceptors (Lipinski definition) is 6. The summed E-state index contributed by atoms with van der Waals surface area (Å²) < 4.78 is 2.23. The van der Waals surface area contributed by atoms with Crippen LogP contribution in [0.4, 0.5) is 0 Å². The van der Waals surface area contributed by atoms with Crippen molar-refractivity contribution >= 4 is 76.3 Å². The van der Waals surface area contributed by atoms with Crippen LogP contribution in [0, 0.1) is 0 Å². The molecule has 0 aromatic rings. The Morgan fingerprint density at radius 2 is 0.667 bits per heavy atom. The Morgan fingerprint density at radius 3 is 0.944 bits per heavy atom. The molecule has 0 saturated carbocycles. The maximum atomic E-state index is 5.52. The van der Waals surface area contributed by atoms with Crippen LogP contribution in [0.3, 0.4) is 0 Å². The van der Waals surface area contributed by atoms with Crippen molar-refractivity contribution in [3.05, 3.63) is 0 Å². The van der Waals surface area contributed by atoms with Gasteiger partial charge < -0.3 is 9.80 Å². The zero-order chi connectivity index (χ0) is 25.5. The molecule has 0 spiro atoms. The summed E-state index contributed by atoms with van der Waals surface area (Å²) in [6, 6.07) is 0. The van der Waals surface area contributed by atoms with Crippen molar-refractivity contribution in [1.29, 1.82) is 0 Å². The first kappa shape index (κ1) is 33.4. The Labute approximate surface area is 250 Å². The highest BCUT2D eigenvalue weighted by Crippen LogP contribution is 2.29. The Bertz CT molecular complexity index is 502. The van der Waals surface area contributed by atoms with Gasteiger partial charge in [-0.3, -0.25) is 0 Å². The SMILES string of the molecule is S=C(SSCCCCCCCCCCCCCCCCCCSSC(=S)N1CCCC1)N1CCCC1. The van der Waals surface area contributed by atoms with Crippen LogP contribution in [0.1, 0.15) is 128 Å². The predicted octanol–water partition coefficient (Wildman–Crippen LogP) is 10.8. The van der Waals surface area contributed by atoms with Gasteiger partial charge in [-0.2, -0.15) is 0 Å². The molecule has 2 aliphatic heterocycles. The van der Waals surface area contributed by atoms with E-state index in [-0.39, 0.29) is 0 Å². The molecule has 0 amide bonds. The van der Waals surface area contributed by atoms with E-state index in [1.54, 1.807) is 0 Å². The second-order valence-electron chi connectivity index (χ2n) is 10.4. The fourth-order valence-corrected chi connectivity index (χ4v) is 10.1. The van der Waals surface area contributed by atoms with Gasteiger partial charge in [0.15, 0.2) is 0 Å². The fourth-order valence-electron chi connectivity index (χ4n) is 4.89. The Kier molecular flexibility index (Phi) is 22.3. The van der Waals surface area contributed by atoms with Crippen molar-refractivity contribution in [1.82, 2.24) is 9.80 Å². The van der Waals surface area contributed by atoms with E-state index >= 15 is 0 Å². The van der Waals surface area contributed by atoms with Crippen molar-refractivity contribution < 1.29 is 0 Å². The van der Waals surface area contributed by atoms with Crippen molar-refractivity contribution in [3.8, 4) is 0 Å². The van der Waals surface area contributed by atoms with Gasteiger partial charge in [-0.25, -0.2) is 0 Å². The lowest BCUT2D eigenvalue weighted by Crippen LogP contribution is -2.22.